The summed E-state index contributed by atoms with van der Waals surface area (Å²) in [6.07, 6.45) is 3.42. The van der Waals surface area contributed by atoms with Crippen LogP contribution in [0.4, 0.5) is 0 Å². The normalized spacial score (nSPS) is 10.4. The van der Waals surface area contributed by atoms with Crippen LogP contribution in [0.25, 0.3) is 0 Å². The van der Waals surface area contributed by atoms with Gasteiger partial charge in [0.15, 0.2) is 0 Å². The van der Waals surface area contributed by atoms with Gasteiger partial charge in [0.2, 0.25) is 0 Å². The number of nitrogens with zero attached hydrogens (tertiary/aromatic N) is 1. The fourth-order valence-electron chi connectivity index (χ4n) is 1.24. The summed E-state index contributed by atoms with van der Waals surface area (Å²) in [4.78, 5) is 6.37. The van der Waals surface area contributed by atoms with Gasteiger partial charge in [0.1, 0.15) is 12.4 Å². The molecule has 84 valence electrons. The summed E-state index contributed by atoms with van der Waals surface area (Å²) < 4.78 is 6.52. The summed E-state index contributed by atoms with van der Waals surface area (Å²) in [7, 11) is 0. The van der Waals surface area contributed by atoms with Gasteiger partial charge >= 0.3 is 0 Å². The zero-order valence-corrected chi connectivity index (χ0v) is 10.9. The van der Waals surface area contributed by atoms with Gasteiger partial charge in [-0.05, 0) is 34.1 Å². The number of aromatic nitrogens is 1. The van der Waals surface area contributed by atoms with E-state index in [1.807, 2.05) is 18.2 Å². The third kappa shape index (κ3) is 3.04. The van der Waals surface area contributed by atoms with Crippen LogP contribution in [0.3, 0.4) is 0 Å². The van der Waals surface area contributed by atoms with Crippen molar-refractivity contribution in [3.05, 3.63) is 44.8 Å². The maximum Gasteiger partial charge on any atom is 0.139 e. The first-order valence-corrected chi connectivity index (χ1v) is 6.40. The molecule has 5 heteroatoms. The molecule has 0 aliphatic heterocycles. The van der Waals surface area contributed by atoms with Gasteiger partial charge in [-0.3, -0.25) is 4.98 Å². The van der Waals surface area contributed by atoms with Crippen molar-refractivity contribution in [2.45, 2.75) is 13.2 Å². The number of nitrogens with two attached hydrogens (primary N) is 1. The molecular weight excluding hydrogens is 288 g/mol. The van der Waals surface area contributed by atoms with Crippen molar-refractivity contribution in [3.8, 4) is 5.75 Å². The van der Waals surface area contributed by atoms with E-state index in [-0.39, 0.29) is 0 Å². The predicted octanol–water partition coefficient (Wildman–Crippen LogP) is 2.94. The standard InChI is InChI=1S/C11H11BrN2OS/c12-8-3-9(6-14-5-8)15-7-11-2-1-10(4-13)16-11/h1-3,5-6H,4,7,13H2. The third-order valence-electron chi connectivity index (χ3n) is 1.98. The molecular formula is C11H11BrN2OS. The molecule has 2 N–H and O–H groups in total. The molecule has 0 aromatic carbocycles. The van der Waals surface area contributed by atoms with Crippen LogP contribution in [0.5, 0.6) is 5.75 Å². The second-order valence-electron chi connectivity index (χ2n) is 3.20. The Labute approximate surface area is 106 Å². The fraction of sp³-hybridized carbons (Fsp3) is 0.182. The highest BCUT2D eigenvalue weighted by Gasteiger charge is 2.00. The second kappa shape index (κ2) is 5.43. The van der Waals surface area contributed by atoms with Crippen molar-refractivity contribution in [1.82, 2.24) is 4.98 Å². The molecule has 3 nitrogen and oxygen atoms in total. The van der Waals surface area contributed by atoms with Crippen LogP contribution in [0.1, 0.15) is 9.75 Å². The Kier molecular flexibility index (Phi) is 3.93. The highest BCUT2D eigenvalue weighted by atomic mass is 79.9. The van der Waals surface area contributed by atoms with E-state index in [0.717, 1.165) is 10.2 Å². The highest BCUT2D eigenvalue weighted by molar-refractivity contribution is 9.10. The van der Waals surface area contributed by atoms with Crippen molar-refractivity contribution in [2.24, 2.45) is 5.73 Å². The molecule has 2 rings (SSSR count). The summed E-state index contributed by atoms with van der Waals surface area (Å²) in [6.45, 7) is 1.14. The first-order chi connectivity index (χ1) is 7.78. The lowest BCUT2D eigenvalue weighted by molar-refractivity contribution is 0.308. The van der Waals surface area contributed by atoms with E-state index in [1.54, 1.807) is 23.7 Å². The number of halogens is 1. The van der Waals surface area contributed by atoms with Crippen LogP contribution < -0.4 is 10.5 Å². The van der Waals surface area contributed by atoms with Gasteiger partial charge in [-0.1, -0.05) is 0 Å². The Morgan fingerprint density at radius 2 is 2.12 bits per heavy atom. The van der Waals surface area contributed by atoms with Gasteiger partial charge in [-0.15, -0.1) is 11.3 Å². The summed E-state index contributed by atoms with van der Waals surface area (Å²) in [5.41, 5.74) is 5.54. The lowest BCUT2D eigenvalue weighted by Crippen LogP contribution is -1.93. The van der Waals surface area contributed by atoms with Gasteiger partial charge in [0.05, 0.1) is 6.20 Å². The van der Waals surface area contributed by atoms with Crippen LogP contribution in [-0.2, 0) is 13.2 Å². The largest absolute Gasteiger partial charge is 0.486 e. The molecule has 2 aromatic heterocycles. The van der Waals surface area contributed by atoms with Crippen LogP contribution in [0.2, 0.25) is 0 Å². The number of pyridine rings is 1. The minimum atomic E-state index is 0.558. The molecule has 0 atom stereocenters. The molecule has 2 heterocycles. The lowest BCUT2D eigenvalue weighted by atomic mass is 10.4. The van der Waals surface area contributed by atoms with Gasteiger partial charge in [-0.2, -0.15) is 0 Å². The monoisotopic (exact) mass is 298 g/mol. The molecule has 0 aliphatic carbocycles. The summed E-state index contributed by atoms with van der Waals surface area (Å²) >= 11 is 5.02. The molecule has 0 saturated carbocycles. The van der Waals surface area contributed by atoms with E-state index >= 15 is 0 Å². The summed E-state index contributed by atoms with van der Waals surface area (Å²) in [5, 5.41) is 0. The zero-order valence-electron chi connectivity index (χ0n) is 8.52. The molecule has 0 amide bonds. The van der Waals surface area contributed by atoms with Gasteiger partial charge in [0, 0.05) is 27.0 Å². The minimum absolute atomic E-state index is 0.558. The van der Waals surface area contributed by atoms with Crippen molar-refractivity contribution in [2.75, 3.05) is 0 Å². The molecule has 2 aromatic rings. The SMILES string of the molecule is NCc1ccc(COc2cncc(Br)c2)s1. The fourth-order valence-corrected chi connectivity index (χ4v) is 2.39. The van der Waals surface area contributed by atoms with Crippen molar-refractivity contribution in [3.63, 3.8) is 0 Å². The van der Waals surface area contributed by atoms with Crippen LogP contribution >= 0.6 is 27.3 Å². The van der Waals surface area contributed by atoms with Crippen LogP contribution in [-0.4, -0.2) is 4.98 Å². The van der Waals surface area contributed by atoms with E-state index < -0.39 is 0 Å². The predicted molar refractivity (Wildman–Crippen MR) is 68.5 cm³/mol. The summed E-state index contributed by atoms with van der Waals surface area (Å²) in [5.74, 6) is 0.761. The van der Waals surface area contributed by atoms with E-state index in [1.165, 1.54) is 9.75 Å². The average molecular weight is 299 g/mol. The zero-order chi connectivity index (χ0) is 11.4. The van der Waals surface area contributed by atoms with Gasteiger partial charge in [-0.25, -0.2) is 0 Å². The number of hydrogen-bond donors (Lipinski definition) is 1. The summed E-state index contributed by atoms with van der Waals surface area (Å²) in [6, 6.07) is 5.96. The Bertz CT molecular complexity index is 473. The maximum atomic E-state index is 5.61. The highest BCUT2D eigenvalue weighted by Crippen LogP contribution is 2.20. The Morgan fingerprint density at radius 3 is 2.81 bits per heavy atom. The third-order valence-corrected chi connectivity index (χ3v) is 3.49. The quantitative estimate of drug-likeness (QED) is 0.944. The lowest BCUT2D eigenvalue weighted by Gasteiger charge is -2.03. The number of thiophene rings is 1. The first-order valence-electron chi connectivity index (χ1n) is 4.79. The maximum absolute atomic E-state index is 5.61. The van der Waals surface area contributed by atoms with E-state index in [0.29, 0.717) is 13.2 Å². The molecule has 0 radical (unpaired) electrons. The molecule has 0 fully saturated rings. The minimum Gasteiger partial charge on any atom is -0.486 e. The van der Waals surface area contributed by atoms with E-state index in [4.69, 9.17) is 10.5 Å². The van der Waals surface area contributed by atoms with Crippen molar-refractivity contribution < 1.29 is 4.74 Å². The molecule has 0 aliphatic rings. The Morgan fingerprint density at radius 1 is 1.31 bits per heavy atom. The average Bonchev–Trinajstić information content (AvgIpc) is 2.74. The van der Waals surface area contributed by atoms with Crippen LogP contribution in [0.15, 0.2) is 35.1 Å². The van der Waals surface area contributed by atoms with Crippen molar-refractivity contribution in [1.29, 1.82) is 0 Å². The second-order valence-corrected chi connectivity index (χ2v) is 5.37. The topological polar surface area (TPSA) is 48.1 Å². The molecule has 0 spiro atoms. The van der Waals surface area contributed by atoms with E-state index in [9.17, 15) is 0 Å². The number of rotatable bonds is 4. The van der Waals surface area contributed by atoms with Crippen molar-refractivity contribution >= 4 is 27.3 Å². The Hall–Kier alpha value is -0.910. The first kappa shape index (κ1) is 11.6. The van der Waals surface area contributed by atoms with Gasteiger partial charge < -0.3 is 10.5 Å². The van der Waals surface area contributed by atoms with E-state index in [2.05, 4.69) is 20.9 Å². The van der Waals surface area contributed by atoms with Gasteiger partial charge in [0.25, 0.3) is 0 Å². The smallest absolute Gasteiger partial charge is 0.139 e. The number of ether oxygens (including phenoxy) is 1. The molecule has 16 heavy (non-hydrogen) atoms. The molecule has 0 saturated heterocycles. The number of hydrogen-bond acceptors (Lipinski definition) is 4. The molecule has 0 unspecified atom stereocenters. The van der Waals surface area contributed by atoms with Crippen LogP contribution in [0, 0.1) is 0 Å². The Balaban J connectivity index is 1.96. The molecule has 0 bridgehead atoms.